The van der Waals surface area contributed by atoms with Gasteiger partial charge in [0.15, 0.2) is 12.2 Å². The molecule has 0 radical (unpaired) electrons. The molecule has 0 N–H and O–H groups in total. The molecule has 1 aromatic heterocycles. The van der Waals surface area contributed by atoms with Crippen molar-refractivity contribution < 1.29 is 21.8 Å². The molecule has 1 aliphatic rings. The minimum absolute atomic E-state index is 0.0326. The molecule has 0 unspecified atom stereocenters. The number of rotatable bonds is 3. The summed E-state index contributed by atoms with van der Waals surface area (Å²) < 4.78 is 41.6. The van der Waals surface area contributed by atoms with Gasteiger partial charge >= 0.3 is 7.25 Å². The first kappa shape index (κ1) is 24.7. The monoisotopic (exact) mass is 477 g/mol. The highest BCUT2D eigenvalue weighted by Gasteiger charge is 2.37. The number of hydrogen-bond donors (Lipinski definition) is 0. The van der Waals surface area contributed by atoms with Gasteiger partial charge in [-0.05, 0) is 22.8 Å². The molecule has 0 bridgehead atoms. The molecule has 4 aromatic rings. The highest BCUT2D eigenvalue weighted by molar-refractivity contribution is 6.50. The molecule has 0 fully saturated rings. The summed E-state index contributed by atoms with van der Waals surface area (Å²) in [6.45, 7) is 7.86. The average Bonchev–Trinajstić information content (AvgIpc) is 3.18. The number of fused-ring (bicyclic) bond motifs is 3. The van der Waals surface area contributed by atoms with Gasteiger partial charge in [-0.3, -0.25) is 0 Å². The van der Waals surface area contributed by atoms with E-state index >= 15 is 0 Å². The molecule has 6 heteroatoms. The van der Waals surface area contributed by atoms with Crippen LogP contribution in [0.4, 0.5) is 17.3 Å². The van der Waals surface area contributed by atoms with E-state index in [0.29, 0.717) is 0 Å². The van der Waals surface area contributed by atoms with Crippen molar-refractivity contribution in [2.75, 3.05) is 0 Å². The Morgan fingerprint density at radius 1 is 0.743 bits per heavy atom. The first-order valence-electron chi connectivity index (χ1n) is 11.7. The summed E-state index contributed by atoms with van der Waals surface area (Å²) in [5, 5.41) is 0. The lowest BCUT2D eigenvalue weighted by Gasteiger charge is -2.21. The van der Waals surface area contributed by atoms with Crippen molar-refractivity contribution in [2.45, 2.75) is 39.2 Å². The molecule has 180 valence electrons. The van der Waals surface area contributed by atoms with E-state index in [1.165, 1.54) is 44.8 Å². The van der Waals surface area contributed by atoms with E-state index in [2.05, 4.69) is 116 Å². The third kappa shape index (κ3) is 5.81. The third-order valence-corrected chi connectivity index (χ3v) is 6.13. The second-order valence-corrected chi connectivity index (χ2v) is 9.79. The van der Waals surface area contributed by atoms with Gasteiger partial charge in [0, 0.05) is 29.0 Å². The molecular weight excluding hydrogens is 449 g/mol. The van der Waals surface area contributed by atoms with Gasteiger partial charge in [0.2, 0.25) is 5.69 Å². The van der Waals surface area contributed by atoms with Crippen molar-refractivity contribution in [3.05, 3.63) is 113 Å². The van der Waals surface area contributed by atoms with Crippen molar-refractivity contribution in [3.8, 4) is 22.4 Å². The van der Waals surface area contributed by atoms with Crippen LogP contribution in [0.3, 0.4) is 0 Å². The zero-order valence-corrected chi connectivity index (χ0v) is 20.1. The fourth-order valence-corrected chi connectivity index (χ4v) is 4.72. The molecule has 3 aromatic carbocycles. The smallest absolute Gasteiger partial charge is 0.418 e. The fourth-order valence-electron chi connectivity index (χ4n) is 4.72. The summed E-state index contributed by atoms with van der Waals surface area (Å²) in [6, 6.07) is 33.1. The number of benzene rings is 3. The number of nitrogens with zero attached hydrogens (tertiary/aromatic N) is 1. The Hall–Kier alpha value is -3.41. The quantitative estimate of drug-likeness (QED) is 0.142. The van der Waals surface area contributed by atoms with E-state index in [1.807, 2.05) is 0 Å². The second kappa shape index (κ2) is 9.69. The van der Waals surface area contributed by atoms with Crippen LogP contribution in [-0.2, 0) is 18.4 Å². The van der Waals surface area contributed by atoms with Crippen LogP contribution < -0.4 is 4.57 Å². The molecule has 0 aliphatic heterocycles. The maximum Gasteiger partial charge on any atom is 0.673 e. The molecule has 0 saturated carbocycles. The predicted molar refractivity (Wildman–Crippen MR) is 135 cm³/mol. The first-order chi connectivity index (χ1) is 16.5. The van der Waals surface area contributed by atoms with Crippen molar-refractivity contribution >= 4 is 7.25 Å². The standard InChI is InChI=1S/C29H28N.BF4/c1-29(2,3)27-19-25(22-14-8-5-9-15-22)26-18-23-16-10-11-17-24(23)28(26)30(27)20-21-12-6-4-7-13-21;2-1(3,4)5/h4-17,19H,18,20H2,1-3H3;/q+1;-1. The lowest BCUT2D eigenvalue weighted by atomic mass is 9.86. The predicted octanol–water partition coefficient (Wildman–Crippen LogP) is 7.86. The van der Waals surface area contributed by atoms with E-state index in [9.17, 15) is 17.3 Å². The van der Waals surface area contributed by atoms with E-state index in [4.69, 9.17) is 0 Å². The molecule has 1 heterocycles. The summed E-state index contributed by atoms with van der Waals surface area (Å²) in [7, 11) is -6.00. The van der Waals surface area contributed by atoms with Crippen LogP contribution in [0.2, 0.25) is 0 Å². The summed E-state index contributed by atoms with van der Waals surface area (Å²) in [5.41, 5.74) is 11.1. The number of pyridine rings is 1. The maximum atomic E-state index is 9.75. The van der Waals surface area contributed by atoms with Gasteiger partial charge in [0.1, 0.15) is 0 Å². The van der Waals surface area contributed by atoms with Crippen molar-refractivity contribution in [1.29, 1.82) is 0 Å². The number of hydrogen-bond acceptors (Lipinski definition) is 0. The number of aromatic nitrogens is 1. The topological polar surface area (TPSA) is 3.88 Å². The summed E-state index contributed by atoms with van der Waals surface area (Å²) >= 11 is 0. The Morgan fingerprint density at radius 3 is 1.89 bits per heavy atom. The van der Waals surface area contributed by atoms with Crippen molar-refractivity contribution in [1.82, 2.24) is 0 Å². The van der Waals surface area contributed by atoms with Crippen LogP contribution >= 0.6 is 0 Å². The lowest BCUT2D eigenvalue weighted by Crippen LogP contribution is -2.46. The Bertz CT molecular complexity index is 1300. The van der Waals surface area contributed by atoms with Gasteiger partial charge in [0.05, 0.1) is 5.56 Å². The fraction of sp³-hybridized carbons (Fsp3) is 0.207. The lowest BCUT2D eigenvalue weighted by molar-refractivity contribution is -0.688. The van der Waals surface area contributed by atoms with Gasteiger partial charge in [0.25, 0.3) is 0 Å². The summed E-state index contributed by atoms with van der Waals surface area (Å²) in [6.07, 6.45) is 0.995. The van der Waals surface area contributed by atoms with E-state index < -0.39 is 7.25 Å². The molecule has 0 saturated heterocycles. The van der Waals surface area contributed by atoms with Crippen LogP contribution in [0, 0.1) is 0 Å². The molecule has 5 rings (SSSR count). The van der Waals surface area contributed by atoms with Crippen molar-refractivity contribution in [3.63, 3.8) is 0 Å². The van der Waals surface area contributed by atoms with Crippen LogP contribution in [0.25, 0.3) is 22.4 Å². The maximum absolute atomic E-state index is 9.75. The third-order valence-electron chi connectivity index (χ3n) is 6.13. The molecule has 0 spiro atoms. The molecule has 35 heavy (non-hydrogen) atoms. The van der Waals surface area contributed by atoms with Gasteiger partial charge < -0.3 is 17.3 Å². The van der Waals surface area contributed by atoms with E-state index in [0.717, 1.165) is 13.0 Å². The van der Waals surface area contributed by atoms with Gasteiger partial charge in [-0.2, -0.15) is 4.57 Å². The summed E-state index contributed by atoms with van der Waals surface area (Å²) in [4.78, 5) is 0. The van der Waals surface area contributed by atoms with Gasteiger partial charge in [-0.25, -0.2) is 0 Å². The van der Waals surface area contributed by atoms with E-state index in [-0.39, 0.29) is 5.41 Å². The minimum Gasteiger partial charge on any atom is -0.418 e. The Morgan fingerprint density at radius 2 is 1.29 bits per heavy atom. The Balaban J connectivity index is 0.000000527. The summed E-state index contributed by atoms with van der Waals surface area (Å²) in [5.74, 6) is 0. The average molecular weight is 477 g/mol. The zero-order valence-electron chi connectivity index (χ0n) is 20.1. The van der Waals surface area contributed by atoms with Crippen molar-refractivity contribution in [2.24, 2.45) is 0 Å². The molecular formula is C29H28BF4N. The van der Waals surface area contributed by atoms with Gasteiger partial charge in [-0.1, -0.05) is 99.6 Å². The van der Waals surface area contributed by atoms with Crippen LogP contribution in [0.1, 0.15) is 43.2 Å². The Labute approximate surface area is 204 Å². The Kier molecular flexibility index (Phi) is 6.84. The van der Waals surface area contributed by atoms with Crippen LogP contribution in [0.5, 0.6) is 0 Å². The first-order valence-corrected chi connectivity index (χ1v) is 11.7. The SMILES string of the molecule is CC(C)(C)c1cc(-c2ccccc2)c2c([n+]1Cc1ccccc1)-c1ccccc1C2.F[B-](F)(F)F. The highest BCUT2D eigenvalue weighted by atomic mass is 19.5. The number of halogens is 4. The largest absolute Gasteiger partial charge is 0.673 e. The zero-order chi connectivity index (χ0) is 25.2. The molecule has 1 aliphatic carbocycles. The second-order valence-electron chi connectivity index (χ2n) is 9.79. The molecule has 1 nitrogen and oxygen atoms in total. The van der Waals surface area contributed by atoms with E-state index in [1.54, 1.807) is 0 Å². The van der Waals surface area contributed by atoms with Crippen LogP contribution in [0.15, 0.2) is 91.0 Å². The normalized spacial score (nSPS) is 12.4. The minimum atomic E-state index is -6.00. The molecule has 0 atom stereocenters. The molecule has 0 amide bonds. The highest BCUT2D eigenvalue weighted by Crippen LogP contribution is 2.41. The van der Waals surface area contributed by atoms with Crippen LogP contribution in [-0.4, -0.2) is 7.25 Å². The van der Waals surface area contributed by atoms with Gasteiger partial charge in [-0.15, -0.1) is 0 Å².